The molecule has 0 fully saturated rings. The quantitative estimate of drug-likeness (QED) is 0.493. The molecule has 1 aliphatic carbocycles. The fraction of sp³-hybridized carbons (Fsp3) is 0.345. The Morgan fingerprint density at radius 3 is 2.67 bits per heavy atom. The van der Waals surface area contributed by atoms with Crippen molar-refractivity contribution >= 4 is 17.5 Å². The van der Waals surface area contributed by atoms with E-state index < -0.39 is 5.91 Å². The number of hydrazone groups is 1. The molecule has 36 heavy (non-hydrogen) atoms. The SMILES string of the molecule is COc1ccc(C2=NN(C(C)C)C(=O)[C@@H]3CC=CC[C@H]23)cc1C#CC(=O)NCCc1ccccc1F. The lowest BCUT2D eigenvalue weighted by atomic mass is 9.76. The van der Waals surface area contributed by atoms with Crippen molar-refractivity contribution in [3.63, 3.8) is 0 Å². The van der Waals surface area contributed by atoms with Gasteiger partial charge in [-0.1, -0.05) is 36.3 Å². The first-order chi connectivity index (χ1) is 17.4. The van der Waals surface area contributed by atoms with Gasteiger partial charge in [0.1, 0.15) is 11.6 Å². The molecule has 7 heteroatoms. The van der Waals surface area contributed by atoms with Crippen LogP contribution in [-0.2, 0) is 16.0 Å². The maximum Gasteiger partial charge on any atom is 0.296 e. The first kappa shape index (κ1) is 25.2. The molecule has 4 rings (SSSR count). The van der Waals surface area contributed by atoms with E-state index in [2.05, 4.69) is 29.3 Å². The van der Waals surface area contributed by atoms with Gasteiger partial charge in [-0.15, -0.1) is 0 Å². The Hall–Kier alpha value is -3.92. The maximum absolute atomic E-state index is 13.8. The maximum atomic E-state index is 13.8. The molecular weight excluding hydrogens is 457 g/mol. The van der Waals surface area contributed by atoms with Gasteiger partial charge >= 0.3 is 0 Å². The van der Waals surface area contributed by atoms with Gasteiger partial charge in [-0.25, -0.2) is 9.40 Å². The molecule has 0 aromatic heterocycles. The minimum absolute atomic E-state index is 0.00613. The van der Waals surface area contributed by atoms with E-state index in [0.29, 0.717) is 29.7 Å². The van der Waals surface area contributed by atoms with E-state index in [0.717, 1.165) is 17.7 Å². The molecule has 1 heterocycles. The standard InChI is InChI=1S/C29H30FN3O3/c1-19(2)33-29(35)24-10-6-5-9-23(24)28(32-33)22-12-14-26(36-3)21(18-22)13-15-27(34)31-17-16-20-8-4-7-11-25(20)30/h4-8,11-12,14,18-19,23-24H,9-10,16-17H2,1-3H3,(H,31,34)/t23-,24+/m0/s1. The van der Waals surface area contributed by atoms with Crippen molar-refractivity contribution < 1.29 is 18.7 Å². The molecular formula is C29H30FN3O3. The molecule has 2 aromatic rings. The number of hydrogen-bond acceptors (Lipinski definition) is 4. The summed E-state index contributed by atoms with van der Waals surface area (Å²) >= 11 is 0. The molecule has 0 radical (unpaired) electrons. The van der Waals surface area contributed by atoms with Gasteiger partial charge in [0.2, 0.25) is 5.91 Å². The number of halogens is 1. The molecule has 186 valence electrons. The van der Waals surface area contributed by atoms with Crippen LogP contribution in [0.5, 0.6) is 5.75 Å². The number of carbonyl (C=O) groups is 2. The Labute approximate surface area is 211 Å². The van der Waals surface area contributed by atoms with Crippen LogP contribution in [0.25, 0.3) is 0 Å². The fourth-order valence-electron chi connectivity index (χ4n) is 4.59. The molecule has 1 aliphatic heterocycles. The number of ether oxygens (including phenoxy) is 1. The summed E-state index contributed by atoms with van der Waals surface area (Å²) in [5.74, 6) is 5.22. The van der Waals surface area contributed by atoms with Crippen LogP contribution >= 0.6 is 0 Å². The topological polar surface area (TPSA) is 71.0 Å². The van der Waals surface area contributed by atoms with E-state index in [1.807, 2.05) is 32.0 Å². The Kier molecular flexibility index (Phi) is 7.84. The zero-order valence-electron chi connectivity index (χ0n) is 20.8. The monoisotopic (exact) mass is 487 g/mol. The van der Waals surface area contributed by atoms with E-state index in [1.165, 1.54) is 6.07 Å². The van der Waals surface area contributed by atoms with E-state index in [9.17, 15) is 14.0 Å². The minimum Gasteiger partial charge on any atom is -0.495 e. The number of hydrogen-bond donors (Lipinski definition) is 1. The van der Waals surface area contributed by atoms with Crippen molar-refractivity contribution in [2.75, 3.05) is 13.7 Å². The van der Waals surface area contributed by atoms with Crippen LogP contribution in [0.4, 0.5) is 4.39 Å². The molecule has 2 aromatic carbocycles. The predicted molar refractivity (Wildman–Crippen MR) is 137 cm³/mol. The second-order valence-corrected chi connectivity index (χ2v) is 9.18. The molecule has 2 amide bonds. The van der Waals surface area contributed by atoms with E-state index in [4.69, 9.17) is 9.84 Å². The second-order valence-electron chi connectivity index (χ2n) is 9.18. The van der Waals surface area contributed by atoms with Crippen LogP contribution in [0.3, 0.4) is 0 Å². The number of allylic oxidation sites excluding steroid dienone is 2. The van der Waals surface area contributed by atoms with Crippen LogP contribution in [0, 0.1) is 29.5 Å². The highest BCUT2D eigenvalue weighted by Gasteiger charge is 2.40. The summed E-state index contributed by atoms with van der Waals surface area (Å²) in [7, 11) is 1.55. The number of fused-ring (bicyclic) bond motifs is 1. The summed E-state index contributed by atoms with van der Waals surface area (Å²) in [5, 5.41) is 9.04. The van der Waals surface area contributed by atoms with Gasteiger partial charge in [-0.05, 0) is 68.5 Å². The van der Waals surface area contributed by atoms with Gasteiger partial charge in [-0.2, -0.15) is 5.10 Å². The highest BCUT2D eigenvalue weighted by molar-refractivity contribution is 6.07. The fourth-order valence-corrected chi connectivity index (χ4v) is 4.59. The molecule has 2 atom stereocenters. The lowest BCUT2D eigenvalue weighted by Gasteiger charge is -2.38. The summed E-state index contributed by atoms with van der Waals surface area (Å²) in [6, 6.07) is 12.0. The average Bonchev–Trinajstić information content (AvgIpc) is 2.88. The minimum atomic E-state index is -0.456. The van der Waals surface area contributed by atoms with Gasteiger partial charge in [-0.3, -0.25) is 9.59 Å². The summed E-state index contributed by atoms with van der Waals surface area (Å²) in [5.41, 5.74) is 2.79. The van der Waals surface area contributed by atoms with Crippen molar-refractivity contribution in [1.82, 2.24) is 10.3 Å². The van der Waals surface area contributed by atoms with Gasteiger partial charge in [0.25, 0.3) is 5.91 Å². The molecule has 1 N–H and O–H groups in total. The highest BCUT2D eigenvalue weighted by Crippen LogP contribution is 2.36. The van der Waals surface area contributed by atoms with Crippen LogP contribution in [-0.4, -0.2) is 42.2 Å². The van der Waals surface area contributed by atoms with Gasteiger partial charge < -0.3 is 10.1 Å². The summed E-state index contributed by atoms with van der Waals surface area (Å²) < 4.78 is 19.2. The summed E-state index contributed by atoms with van der Waals surface area (Å²) in [6.45, 7) is 4.18. The first-order valence-corrected chi connectivity index (χ1v) is 12.2. The molecule has 2 aliphatic rings. The van der Waals surface area contributed by atoms with Crippen molar-refractivity contribution in [1.29, 1.82) is 0 Å². The van der Waals surface area contributed by atoms with Crippen molar-refractivity contribution in [2.45, 2.75) is 39.2 Å². The molecule has 0 saturated carbocycles. The number of rotatable bonds is 6. The molecule has 0 unspecified atom stereocenters. The van der Waals surface area contributed by atoms with Crippen LogP contribution in [0.1, 0.15) is 43.4 Å². The number of nitrogens with zero attached hydrogens (tertiary/aromatic N) is 2. The molecule has 0 bridgehead atoms. The largest absolute Gasteiger partial charge is 0.495 e. The van der Waals surface area contributed by atoms with Gasteiger partial charge in [0, 0.05) is 24.4 Å². The predicted octanol–water partition coefficient (Wildman–Crippen LogP) is 4.08. The summed E-state index contributed by atoms with van der Waals surface area (Å²) in [6.07, 6.45) is 5.99. The van der Waals surface area contributed by atoms with Crippen molar-refractivity contribution in [2.24, 2.45) is 16.9 Å². The van der Waals surface area contributed by atoms with Crippen molar-refractivity contribution in [3.8, 4) is 17.6 Å². The van der Waals surface area contributed by atoms with Gasteiger partial charge in [0.15, 0.2) is 0 Å². The Balaban J connectivity index is 1.55. The highest BCUT2D eigenvalue weighted by atomic mass is 19.1. The van der Waals surface area contributed by atoms with Gasteiger partial charge in [0.05, 0.1) is 24.3 Å². The number of methoxy groups -OCH3 is 1. The van der Waals surface area contributed by atoms with E-state index >= 15 is 0 Å². The smallest absolute Gasteiger partial charge is 0.296 e. The average molecular weight is 488 g/mol. The number of benzene rings is 2. The zero-order valence-corrected chi connectivity index (χ0v) is 20.8. The third kappa shape index (κ3) is 5.49. The lowest BCUT2D eigenvalue weighted by molar-refractivity contribution is -0.139. The normalized spacial score (nSPS) is 18.8. The first-order valence-electron chi connectivity index (χ1n) is 12.2. The summed E-state index contributed by atoms with van der Waals surface area (Å²) in [4.78, 5) is 25.3. The second kappa shape index (κ2) is 11.2. The Morgan fingerprint density at radius 1 is 1.19 bits per heavy atom. The van der Waals surface area contributed by atoms with Crippen LogP contribution in [0.15, 0.2) is 59.7 Å². The van der Waals surface area contributed by atoms with E-state index in [-0.39, 0.29) is 36.1 Å². The van der Waals surface area contributed by atoms with Crippen LogP contribution < -0.4 is 10.1 Å². The number of amides is 2. The van der Waals surface area contributed by atoms with E-state index in [1.54, 1.807) is 30.3 Å². The third-order valence-electron chi connectivity index (χ3n) is 6.47. The molecule has 0 saturated heterocycles. The molecule has 6 nitrogen and oxygen atoms in total. The zero-order chi connectivity index (χ0) is 25.7. The molecule has 0 spiro atoms. The van der Waals surface area contributed by atoms with Crippen LogP contribution in [0.2, 0.25) is 0 Å². The lowest BCUT2D eigenvalue weighted by Crippen LogP contribution is -2.47. The third-order valence-corrected chi connectivity index (χ3v) is 6.47. The Morgan fingerprint density at radius 2 is 1.94 bits per heavy atom. The Bertz CT molecular complexity index is 1270. The number of carbonyl (C=O) groups excluding carboxylic acids is 2. The van der Waals surface area contributed by atoms with Crippen molar-refractivity contribution in [3.05, 3.63) is 77.1 Å². The number of nitrogens with one attached hydrogen (secondary N) is 1.